The quantitative estimate of drug-likeness (QED) is 0.752. The number of likely N-dealkylation sites (tertiary alicyclic amines) is 1. The molecular weight excluding hydrogens is 228 g/mol. The minimum Gasteiger partial charge on any atom is -0.449 e. The van der Waals surface area contributed by atoms with Crippen LogP contribution in [-0.4, -0.2) is 34.8 Å². The first kappa shape index (κ1) is 13.3. The Labute approximate surface area is 108 Å². The Kier molecular flexibility index (Phi) is 4.53. The van der Waals surface area contributed by atoms with Gasteiger partial charge in [0.15, 0.2) is 5.89 Å². The Morgan fingerprint density at radius 1 is 1.56 bits per heavy atom. The van der Waals surface area contributed by atoms with Gasteiger partial charge < -0.3 is 9.21 Å². The highest BCUT2D eigenvalue weighted by Gasteiger charge is 2.25. The molecule has 1 unspecified atom stereocenters. The van der Waals surface area contributed by atoms with Crippen molar-refractivity contribution in [3.05, 3.63) is 17.8 Å². The highest BCUT2D eigenvalue weighted by atomic mass is 16.3. The minimum atomic E-state index is 0.349. The van der Waals surface area contributed by atoms with Crippen molar-refractivity contribution in [1.29, 1.82) is 0 Å². The molecule has 0 aliphatic carbocycles. The molecule has 4 nitrogen and oxygen atoms in total. The summed E-state index contributed by atoms with van der Waals surface area (Å²) >= 11 is 0. The number of aromatic nitrogens is 1. The third-order valence-corrected chi connectivity index (χ3v) is 3.64. The smallest absolute Gasteiger partial charge is 0.195 e. The van der Waals surface area contributed by atoms with Gasteiger partial charge in [0.1, 0.15) is 12.5 Å². The van der Waals surface area contributed by atoms with Gasteiger partial charge in [-0.2, -0.15) is 0 Å². The molecule has 0 radical (unpaired) electrons. The Balaban J connectivity index is 1.99. The van der Waals surface area contributed by atoms with Gasteiger partial charge in [-0.1, -0.05) is 6.42 Å². The fourth-order valence-electron chi connectivity index (χ4n) is 2.75. The highest BCUT2D eigenvalue weighted by Crippen LogP contribution is 2.22. The average molecular weight is 250 g/mol. The number of nitrogens with zero attached hydrogens (tertiary/aromatic N) is 2. The Hall–Kier alpha value is -1.16. The molecule has 0 aromatic carbocycles. The monoisotopic (exact) mass is 250 g/mol. The lowest BCUT2D eigenvalue weighted by molar-refractivity contribution is -0.107. The van der Waals surface area contributed by atoms with Crippen LogP contribution in [0.1, 0.15) is 44.7 Å². The van der Waals surface area contributed by atoms with E-state index in [0.717, 1.165) is 24.3 Å². The van der Waals surface area contributed by atoms with Gasteiger partial charge in [0.25, 0.3) is 0 Å². The van der Waals surface area contributed by atoms with Crippen LogP contribution in [0.15, 0.2) is 10.7 Å². The van der Waals surface area contributed by atoms with E-state index in [2.05, 4.69) is 23.7 Å². The van der Waals surface area contributed by atoms with Crippen LogP contribution < -0.4 is 0 Å². The SMILES string of the molecule is CC(C)N1CCCCC1Cc1nc(CC=O)co1. The number of hydrogen-bond donors (Lipinski definition) is 0. The number of piperidine rings is 1. The number of aldehydes is 1. The predicted octanol–water partition coefficient (Wildman–Crippen LogP) is 2.22. The summed E-state index contributed by atoms with van der Waals surface area (Å²) in [7, 11) is 0. The molecule has 2 rings (SSSR count). The molecule has 1 saturated heterocycles. The van der Waals surface area contributed by atoms with E-state index in [1.54, 1.807) is 6.26 Å². The topological polar surface area (TPSA) is 46.3 Å². The fraction of sp³-hybridized carbons (Fsp3) is 0.714. The van der Waals surface area contributed by atoms with Crippen LogP contribution in [0, 0.1) is 0 Å². The van der Waals surface area contributed by atoms with Gasteiger partial charge >= 0.3 is 0 Å². The largest absolute Gasteiger partial charge is 0.449 e. The summed E-state index contributed by atoms with van der Waals surface area (Å²) in [4.78, 5) is 17.3. The summed E-state index contributed by atoms with van der Waals surface area (Å²) in [6, 6.07) is 1.10. The van der Waals surface area contributed by atoms with Crippen molar-refractivity contribution in [1.82, 2.24) is 9.88 Å². The fourth-order valence-corrected chi connectivity index (χ4v) is 2.75. The molecule has 18 heavy (non-hydrogen) atoms. The predicted molar refractivity (Wildman–Crippen MR) is 69.5 cm³/mol. The molecular formula is C14H22N2O2. The molecule has 2 heterocycles. The van der Waals surface area contributed by atoms with Crippen LogP contribution in [0.4, 0.5) is 0 Å². The van der Waals surface area contributed by atoms with E-state index in [0.29, 0.717) is 18.5 Å². The third-order valence-electron chi connectivity index (χ3n) is 3.64. The van der Waals surface area contributed by atoms with Crippen molar-refractivity contribution in [3.63, 3.8) is 0 Å². The second kappa shape index (κ2) is 6.14. The summed E-state index contributed by atoms with van der Waals surface area (Å²) in [6.07, 6.45) is 7.46. The summed E-state index contributed by atoms with van der Waals surface area (Å²) in [5, 5.41) is 0. The molecule has 0 N–H and O–H groups in total. The van der Waals surface area contributed by atoms with E-state index < -0.39 is 0 Å². The average Bonchev–Trinajstić information content (AvgIpc) is 2.77. The van der Waals surface area contributed by atoms with E-state index in [-0.39, 0.29) is 0 Å². The van der Waals surface area contributed by atoms with Crippen molar-refractivity contribution in [2.45, 2.75) is 58.0 Å². The molecule has 1 aromatic heterocycles. The normalized spacial score (nSPS) is 21.4. The zero-order valence-corrected chi connectivity index (χ0v) is 11.3. The van der Waals surface area contributed by atoms with E-state index in [4.69, 9.17) is 4.42 Å². The van der Waals surface area contributed by atoms with Crippen LogP contribution in [0.25, 0.3) is 0 Å². The van der Waals surface area contributed by atoms with Gasteiger partial charge in [-0.15, -0.1) is 0 Å². The molecule has 1 fully saturated rings. The maximum atomic E-state index is 10.4. The van der Waals surface area contributed by atoms with E-state index in [9.17, 15) is 4.79 Å². The number of hydrogen-bond acceptors (Lipinski definition) is 4. The maximum absolute atomic E-state index is 10.4. The van der Waals surface area contributed by atoms with Gasteiger partial charge in [0, 0.05) is 24.9 Å². The van der Waals surface area contributed by atoms with Gasteiger partial charge in [0.05, 0.1) is 5.69 Å². The van der Waals surface area contributed by atoms with E-state index in [1.807, 2.05) is 0 Å². The van der Waals surface area contributed by atoms with Crippen LogP contribution in [0.3, 0.4) is 0 Å². The Morgan fingerprint density at radius 3 is 3.11 bits per heavy atom. The zero-order valence-electron chi connectivity index (χ0n) is 11.3. The van der Waals surface area contributed by atoms with E-state index >= 15 is 0 Å². The lowest BCUT2D eigenvalue weighted by atomic mass is 9.98. The molecule has 0 spiro atoms. The third kappa shape index (κ3) is 3.19. The van der Waals surface area contributed by atoms with Crippen molar-refractivity contribution >= 4 is 6.29 Å². The minimum absolute atomic E-state index is 0.349. The lowest BCUT2D eigenvalue weighted by Crippen LogP contribution is -2.45. The molecule has 0 amide bonds. The van der Waals surface area contributed by atoms with Crippen LogP contribution >= 0.6 is 0 Å². The lowest BCUT2D eigenvalue weighted by Gasteiger charge is -2.38. The second-order valence-electron chi connectivity index (χ2n) is 5.29. The molecule has 1 aliphatic heterocycles. The van der Waals surface area contributed by atoms with E-state index in [1.165, 1.54) is 25.8 Å². The van der Waals surface area contributed by atoms with Gasteiger partial charge in [-0.3, -0.25) is 4.90 Å². The van der Waals surface area contributed by atoms with Crippen molar-refractivity contribution in [3.8, 4) is 0 Å². The molecule has 100 valence electrons. The van der Waals surface area contributed by atoms with Crippen molar-refractivity contribution in [2.24, 2.45) is 0 Å². The van der Waals surface area contributed by atoms with Gasteiger partial charge in [-0.05, 0) is 33.2 Å². The number of oxazole rings is 1. The summed E-state index contributed by atoms with van der Waals surface area (Å²) in [5.41, 5.74) is 0.743. The number of rotatable bonds is 5. The van der Waals surface area contributed by atoms with Crippen LogP contribution in [-0.2, 0) is 17.6 Å². The molecule has 1 aliphatic rings. The first-order chi connectivity index (χ1) is 8.70. The van der Waals surface area contributed by atoms with Gasteiger partial charge in [-0.25, -0.2) is 4.98 Å². The first-order valence-electron chi connectivity index (χ1n) is 6.83. The highest BCUT2D eigenvalue weighted by molar-refractivity contribution is 5.53. The summed E-state index contributed by atoms with van der Waals surface area (Å²) < 4.78 is 5.45. The van der Waals surface area contributed by atoms with Gasteiger partial charge in [0.2, 0.25) is 0 Å². The number of carbonyl (C=O) groups is 1. The standard InChI is InChI=1S/C14H22N2O2/c1-11(2)16-7-4-3-5-13(16)9-14-15-12(6-8-17)10-18-14/h8,10-11,13H,3-7,9H2,1-2H3. The zero-order chi connectivity index (χ0) is 13.0. The van der Waals surface area contributed by atoms with Crippen molar-refractivity contribution in [2.75, 3.05) is 6.54 Å². The Bertz CT molecular complexity index is 387. The molecule has 1 atom stereocenters. The maximum Gasteiger partial charge on any atom is 0.195 e. The molecule has 1 aromatic rings. The van der Waals surface area contributed by atoms with Crippen molar-refractivity contribution < 1.29 is 9.21 Å². The van der Waals surface area contributed by atoms with Crippen LogP contribution in [0.2, 0.25) is 0 Å². The second-order valence-corrected chi connectivity index (χ2v) is 5.29. The first-order valence-corrected chi connectivity index (χ1v) is 6.83. The molecule has 0 bridgehead atoms. The Morgan fingerprint density at radius 2 is 2.39 bits per heavy atom. The van der Waals surface area contributed by atoms with Crippen LogP contribution in [0.5, 0.6) is 0 Å². The molecule has 0 saturated carbocycles. The number of carbonyl (C=O) groups excluding carboxylic acids is 1. The molecule has 4 heteroatoms. The summed E-state index contributed by atoms with van der Waals surface area (Å²) in [5.74, 6) is 0.768. The summed E-state index contributed by atoms with van der Waals surface area (Å²) in [6.45, 7) is 5.65.